The van der Waals surface area contributed by atoms with Gasteiger partial charge in [-0.2, -0.15) is 0 Å². The Bertz CT molecular complexity index is 831. The lowest BCUT2D eigenvalue weighted by molar-refractivity contribution is -0.142. The molecule has 2 aromatic rings. The van der Waals surface area contributed by atoms with E-state index in [0.717, 1.165) is 5.56 Å². The number of halogens is 2. The molecule has 0 aliphatic heterocycles. The molecule has 2 amide bonds. The molecule has 0 aliphatic rings. The van der Waals surface area contributed by atoms with E-state index in [4.69, 9.17) is 27.9 Å². The van der Waals surface area contributed by atoms with E-state index >= 15 is 0 Å². The Labute approximate surface area is 181 Å². The summed E-state index contributed by atoms with van der Waals surface area (Å²) in [4.78, 5) is 27.1. The molecule has 5 nitrogen and oxygen atoms in total. The molecule has 0 aliphatic carbocycles. The third-order valence-corrected chi connectivity index (χ3v) is 4.61. The van der Waals surface area contributed by atoms with Gasteiger partial charge in [-0.25, -0.2) is 0 Å². The van der Waals surface area contributed by atoms with Crippen molar-refractivity contribution in [3.8, 4) is 5.75 Å². The molecular weight excluding hydrogens is 411 g/mol. The van der Waals surface area contributed by atoms with E-state index < -0.39 is 11.6 Å². The molecule has 0 spiro atoms. The van der Waals surface area contributed by atoms with E-state index in [9.17, 15) is 9.59 Å². The number of benzene rings is 2. The molecule has 0 fully saturated rings. The van der Waals surface area contributed by atoms with Gasteiger partial charge in [0.25, 0.3) is 5.91 Å². The van der Waals surface area contributed by atoms with Gasteiger partial charge >= 0.3 is 0 Å². The first-order chi connectivity index (χ1) is 13.5. The second kappa shape index (κ2) is 9.99. The molecule has 2 aromatic carbocycles. The molecule has 0 saturated carbocycles. The summed E-state index contributed by atoms with van der Waals surface area (Å²) in [6.45, 7) is 7.46. The molecule has 156 valence electrons. The van der Waals surface area contributed by atoms with Crippen molar-refractivity contribution in [3.05, 3.63) is 64.1 Å². The molecule has 1 N–H and O–H groups in total. The van der Waals surface area contributed by atoms with E-state index in [2.05, 4.69) is 5.32 Å². The van der Waals surface area contributed by atoms with Gasteiger partial charge in [0, 0.05) is 22.1 Å². The Kier molecular flexibility index (Phi) is 7.94. The van der Waals surface area contributed by atoms with Crippen LogP contribution in [-0.4, -0.2) is 34.9 Å². The molecule has 0 heterocycles. The topological polar surface area (TPSA) is 58.6 Å². The summed E-state index contributed by atoms with van der Waals surface area (Å²) in [6, 6.07) is 13.2. The van der Waals surface area contributed by atoms with Crippen molar-refractivity contribution in [3.63, 3.8) is 0 Å². The fourth-order valence-electron chi connectivity index (χ4n) is 2.60. The standard InChI is InChI=1S/C22H26Cl2N2O3/c1-15(21(28)25-22(2,3)4)26(13-16-5-7-17(23)8-6-16)20(27)14-29-19-11-9-18(24)10-12-19/h5-12,15H,13-14H2,1-4H3,(H,25,28)/t15-/m0/s1. The average Bonchev–Trinajstić information content (AvgIpc) is 2.65. The zero-order valence-electron chi connectivity index (χ0n) is 17.0. The van der Waals surface area contributed by atoms with Crippen molar-refractivity contribution in [2.24, 2.45) is 0 Å². The highest BCUT2D eigenvalue weighted by Gasteiger charge is 2.28. The fraction of sp³-hybridized carbons (Fsp3) is 0.364. The number of nitrogens with one attached hydrogen (secondary N) is 1. The highest BCUT2D eigenvalue weighted by atomic mass is 35.5. The van der Waals surface area contributed by atoms with Crippen LogP contribution in [0.3, 0.4) is 0 Å². The highest BCUT2D eigenvalue weighted by molar-refractivity contribution is 6.30. The van der Waals surface area contributed by atoms with Crippen LogP contribution in [0.2, 0.25) is 10.0 Å². The van der Waals surface area contributed by atoms with Crippen molar-refractivity contribution in [1.82, 2.24) is 10.2 Å². The summed E-state index contributed by atoms with van der Waals surface area (Å²) >= 11 is 11.8. The maximum Gasteiger partial charge on any atom is 0.261 e. The van der Waals surface area contributed by atoms with Crippen LogP contribution in [0, 0.1) is 0 Å². The second-order valence-corrected chi connectivity index (χ2v) is 8.68. The Morgan fingerprint density at radius 1 is 1.00 bits per heavy atom. The Morgan fingerprint density at radius 2 is 1.52 bits per heavy atom. The number of rotatable bonds is 7. The molecule has 29 heavy (non-hydrogen) atoms. The van der Waals surface area contributed by atoms with Crippen LogP contribution in [0.15, 0.2) is 48.5 Å². The number of hydrogen-bond acceptors (Lipinski definition) is 3. The van der Waals surface area contributed by atoms with Gasteiger partial charge in [-0.3, -0.25) is 9.59 Å². The van der Waals surface area contributed by atoms with E-state index in [-0.39, 0.29) is 25.0 Å². The lowest BCUT2D eigenvalue weighted by Crippen LogP contribution is -2.53. The zero-order chi connectivity index (χ0) is 21.6. The van der Waals surface area contributed by atoms with Gasteiger partial charge in [0.1, 0.15) is 11.8 Å². The van der Waals surface area contributed by atoms with Crippen LogP contribution >= 0.6 is 23.2 Å². The first kappa shape index (κ1) is 23.0. The normalized spacial score (nSPS) is 12.2. The first-order valence-electron chi connectivity index (χ1n) is 9.29. The largest absolute Gasteiger partial charge is 0.484 e. The van der Waals surface area contributed by atoms with Crippen LogP contribution in [0.5, 0.6) is 5.75 Å². The van der Waals surface area contributed by atoms with Gasteiger partial charge in [-0.15, -0.1) is 0 Å². The number of nitrogens with zero attached hydrogens (tertiary/aromatic N) is 1. The van der Waals surface area contributed by atoms with Crippen molar-refractivity contribution in [1.29, 1.82) is 0 Å². The predicted molar refractivity (Wildman–Crippen MR) is 116 cm³/mol. The number of carbonyl (C=O) groups excluding carboxylic acids is 2. The molecule has 2 rings (SSSR count). The van der Waals surface area contributed by atoms with Gasteiger partial charge in [0.15, 0.2) is 6.61 Å². The van der Waals surface area contributed by atoms with Gasteiger partial charge < -0.3 is 15.0 Å². The summed E-state index contributed by atoms with van der Waals surface area (Å²) < 4.78 is 5.59. The van der Waals surface area contributed by atoms with Gasteiger partial charge in [0.05, 0.1) is 0 Å². The monoisotopic (exact) mass is 436 g/mol. The van der Waals surface area contributed by atoms with Crippen molar-refractivity contribution in [2.75, 3.05) is 6.61 Å². The minimum Gasteiger partial charge on any atom is -0.484 e. The molecule has 0 saturated heterocycles. The Morgan fingerprint density at radius 3 is 2.03 bits per heavy atom. The van der Waals surface area contributed by atoms with Gasteiger partial charge in [-0.1, -0.05) is 35.3 Å². The maximum atomic E-state index is 12.9. The number of amides is 2. The van der Waals surface area contributed by atoms with Gasteiger partial charge in [-0.05, 0) is 69.7 Å². The van der Waals surface area contributed by atoms with E-state index in [1.807, 2.05) is 32.9 Å². The summed E-state index contributed by atoms with van der Waals surface area (Å²) in [6.07, 6.45) is 0. The molecule has 0 bridgehead atoms. The lowest BCUT2D eigenvalue weighted by Gasteiger charge is -2.31. The average molecular weight is 437 g/mol. The van der Waals surface area contributed by atoms with Gasteiger partial charge in [0.2, 0.25) is 5.91 Å². The van der Waals surface area contributed by atoms with Crippen LogP contribution in [-0.2, 0) is 16.1 Å². The smallest absolute Gasteiger partial charge is 0.261 e. The summed E-state index contributed by atoms with van der Waals surface area (Å²) in [7, 11) is 0. The number of carbonyl (C=O) groups is 2. The second-order valence-electron chi connectivity index (χ2n) is 7.81. The molecular formula is C22H26Cl2N2O3. The minimum atomic E-state index is -0.675. The highest BCUT2D eigenvalue weighted by Crippen LogP contribution is 2.17. The minimum absolute atomic E-state index is 0.192. The zero-order valence-corrected chi connectivity index (χ0v) is 18.6. The third kappa shape index (κ3) is 7.59. The van der Waals surface area contributed by atoms with Crippen molar-refractivity contribution >= 4 is 35.0 Å². The predicted octanol–water partition coefficient (Wildman–Crippen LogP) is 4.70. The molecule has 0 radical (unpaired) electrons. The summed E-state index contributed by atoms with van der Waals surface area (Å²) in [5.74, 6) is -0.00115. The van der Waals surface area contributed by atoms with E-state index in [1.165, 1.54) is 4.90 Å². The Balaban J connectivity index is 2.15. The molecule has 7 heteroatoms. The summed E-state index contributed by atoms with van der Waals surface area (Å²) in [5, 5.41) is 4.11. The van der Waals surface area contributed by atoms with E-state index in [0.29, 0.717) is 15.8 Å². The molecule has 0 unspecified atom stereocenters. The number of ether oxygens (including phenoxy) is 1. The Hall–Kier alpha value is -2.24. The quantitative estimate of drug-likeness (QED) is 0.683. The number of hydrogen-bond donors (Lipinski definition) is 1. The van der Waals surface area contributed by atoms with Crippen molar-refractivity contribution in [2.45, 2.75) is 45.8 Å². The molecule has 0 aromatic heterocycles. The fourth-order valence-corrected chi connectivity index (χ4v) is 2.85. The molecule has 1 atom stereocenters. The van der Waals surface area contributed by atoms with Crippen LogP contribution in [0.1, 0.15) is 33.3 Å². The third-order valence-electron chi connectivity index (χ3n) is 4.11. The van der Waals surface area contributed by atoms with Crippen molar-refractivity contribution < 1.29 is 14.3 Å². The van der Waals surface area contributed by atoms with Crippen LogP contribution < -0.4 is 10.1 Å². The summed E-state index contributed by atoms with van der Waals surface area (Å²) in [5.41, 5.74) is 0.463. The van der Waals surface area contributed by atoms with E-state index in [1.54, 1.807) is 43.3 Å². The maximum absolute atomic E-state index is 12.9. The first-order valence-corrected chi connectivity index (χ1v) is 10.0. The lowest BCUT2D eigenvalue weighted by atomic mass is 10.1. The van der Waals surface area contributed by atoms with Crippen LogP contribution in [0.4, 0.5) is 0 Å². The van der Waals surface area contributed by atoms with Crippen LogP contribution in [0.25, 0.3) is 0 Å². The SMILES string of the molecule is C[C@@H](C(=O)NC(C)(C)C)N(Cc1ccc(Cl)cc1)C(=O)COc1ccc(Cl)cc1.